The standard InChI is InChI=1S/C17H19NO3/c1-2-5-13(17(20)21)16-12-8-7-11(19)10-15(12)18-9-4-3-6-14(16)18/h3-4,6,9,13H,2,5,7-8,10H2,1H3,(H,20,21). The number of hydrogen-bond donors (Lipinski definition) is 1. The minimum Gasteiger partial charge on any atom is -0.481 e. The van der Waals surface area contributed by atoms with Gasteiger partial charge in [-0.2, -0.15) is 0 Å². The summed E-state index contributed by atoms with van der Waals surface area (Å²) in [5.74, 6) is -1.02. The first kappa shape index (κ1) is 13.9. The Morgan fingerprint density at radius 2 is 2.19 bits per heavy atom. The molecule has 3 rings (SSSR count). The van der Waals surface area contributed by atoms with Crippen LogP contribution in [0.15, 0.2) is 24.4 Å². The van der Waals surface area contributed by atoms with Crippen LogP contribution >= 0.6 is 0 Å². The van der Waals surface area contributed by atoms with Crippen LogP contribution in [0.2, 0.25) is 0 Å². The molecule has 0 amide bonds. The first-order valence-electron chi connectivity index (χ1n) is 7.48. The number of nitrogens with zero attached hydrogens (tertiary/aromatic N) is 1. The number of hydrogen-bond acceptors (Lipinski definition) is 2. The second-order valence-corrected chi connectivity index (χ2v) is 5.69. The third kappa shape index (κ3) is 2.24. The predicted molar refractivity (Wildman–Crippen MR) is 79.7 cm³/mol. The molecule has 2 aromatic heterocycles. The van der Waals surface area contributed by atoms with Crippen molar-refractivity contribution < 1.29 is 14.7 Å². The lowest BCUT2D eigenvalue weighted by Gasteiger charge is -2.16. The van der Waals surface area contributed by atoms with Crippen LogP contribution in [-0.2, 0) is 22.4 Å². The van der Waals surface area contributed by atoms with E-state index in [4.69, 9.17) is 0 Å². The Kier molecular flexibility index (Phi) is 3.53. The number of carboxylic acids is 1. The van der Waals surface area contributed by atoms with E-state index in [0.717, 1.165) is 28.8 Å². The summed E-state index contributed by atoms with van der Waals surface area (Å²) in [4.78, 5) is 23.5. The van der Waals surface area contributed by atoms with E-state index in [0.29, 0.717) is 25.7 Å². The molecule has 1 N–H and O–H groups in total. The van der Waals surface area contributed by atoms with Gasteiger partial charge >= 0.3 is 5.97 Å². The first-order valence-corrected chi connectivity index (χ1v) is 7.48. The second kappa shape index (κ2) is 5.35. The quantitative estimate of drug-likeness (QED) is 0.939. The highest BCUT2D eigenvalue weighted by Crippen LogP contribution is 2.36. The normalized spacial score (nSPS) is 16.0. The molecule has 1 unspecified atom stereocenters. The van der Waals surface area contributed by atoms with E-state index in [1.807, 2.05) is 35.7 Å². The molecule has 4 nitrogen and oxygen atoms in total. The van der Waals surface area contributed by atoms with Gasteiger partial charge in [-0.05, 0) is 36.1 Å². The number of Topliss-reactive ketones (excluding diaryl/α,β-unsaturated/α-hetero) is 1. The molecule has 1 aliphatic carbocycles. The van der Waals surface area contributed by atoms with Crippen LogP contribution in [0.25, 0.3) is 5.52 Å². The van der Waals surface area contributed by atoms with Crippen molar-refractivity contribution in [1.82, 2.24) is 4.40 Å². The number of aliphatic carboxylic acids is 1. The zero-order valence-electron chi connectivity index (χ0n) is 12.1. The van der Waals surface area contributed by atoms with Gasteiger partial charge in [-0.3, -0.25) is 9.59 Å². The monoisotopic (exact) mass is 285 g/mol. The van der Waals surface area contributed by atoms with Crippen LogP contribution in [0, 0.1) is 0 Å². The molecule has 0 fully saturated rings. The summed E-state index contributed by atoms with van der Waals surface area (Å²) in [6.45, 7) is 2.00. The van der Waals surface area contributed by atoms with Gasteiger partial charge in [0.05, 0.1) is 5.92 Å². The minimum atomic E-state index is -0.770. The molecule has 2 aromatic rings. The summed E-state index contributed by atoms with van der Waals surface area (Å²) < 4.78 is 2.01. The molecule has 4 heteroatoms. The van der Waals surface area contributed by atoms with E-state index < -0.39 is 11.9 Å². The van der Waals surface area contributed by atoms with Gasteiger partial charge in [0.15, 0.2) is 0 Å². The van der Waals surface area contributed by atoms with Crippen LogP contribution in [0.3, 0.4) is 0 Å². The van der Waals surface area contributed by atoms with Crippen molar-refractivity contribution in [3.05, 3.63) is 41.2 Å². The fraction of sp³-hybridized carbons (Fsp3) is 0.412. The average molecular weight is 285 g/mol. The Labute approximate surface area is 123 Å². The van der Waals surface area contributed by atoms with E-state index in [1.165, 1.54) is 0 Å². The third-order valence-electron chi connectivity index (χ3n) is 4.34. The number of carbonyl (C=O) groups excluding carboxylic acids is 1. The largest absolute Gasteiger partial charge is 0.481 e. The molecular formula is C17H19NO3. The van der Waals surface area contributed by atoms with Crippen molar-refractivity contribution in [1.29, 1.82) is 0 Å². The number of aromatic nitrogens is 1. The first-order chi connectivity index (χ1) is 10.1. The van der Waals surface area contributed by atoms with Gasteiger partial charge in [0.25, 0.3) is 0 Å². The molecule has 1 atom stereocenters. The Hall–Kier alpha value is -2.10. The number of carbonyl (C=O) groups is 2. The molecule has 0 bridgehead atoms. The second-order valence-electron chi connectivity index (χ2n) is 5.69. The summed E-state index contributed by atoms with van der Waals surface area (Å²) in [7, 11) is 0. The third-order valence-corrected chi connectivity index (χ3v) is 4.34. The zero-order chi connectivity index (χ0) is 15.0. The van der Waals surface area contributed by atoms with Crippen molar-refractivity contribution in [2.75, 3.05) is 0 Å². The predicted octanol–water partition coefficient (Wildman–Crippen LogP) is 2.97. The highest BCUT2D eigenvalue weighted by atomic mass is 16.4. The van der Waals surface area contributed by atoms with Crippen LogP contribution < -0.4 is 0 Å². The fourth-order valence-electron chi connectivity index (χ4n) is 3.43. The Morgan fingerprint density at radius 1 is 1.38 bits per heavy atom. The maximum atomic E-state index is 11.8. The van der Waals surface area contributed by atoms with Crippen molar-refractivity contribution in [2.24, 2.45) is 0 Å². The van der Waals surface area contributed by atoms with Gasteiger partial charge in [0.1, 0.15) is 5.78 Å². The molecule has 0 saturated heterocycles. The summed E-state index contributed by atoms with van der Waals surface area (Å²) in [6.07, 6.45) is 4.99. The summed E-state index contributed by atoms with van der Waals surface area (Å²) in [5, 5.41) is 9.61. The van der Waals surface area contributed by atoms with Gasteiger partial charge in [0.2, 0.25) is 0 Å². The Balaban J connectivity index is 2.26. The topological polar surface area (TPSA) is 58.8 Å². The van der Waals surface area contributed by atoms with E-state index in [2.05, 4.69) is 0 Å². The molecule has 2 heterocycles. The van der Waals surface area contributed by atoms with Gasteiger partial charge in [-0.1, -0.05) is 19.4 Å². The van der Waals surface area contributed by atoms with Crippen molar-refractivity contribution in [3.63, 3.8) is 0 Å². The van der Waals surface area contributed by atoms with Gasteiger partial charge in [0, 0.05) is 30.2 Å². The highest BCUT2D eigenvalue weighted by Gasteiger charge is 2.31. The van der Waals surface area contributed by atoms with Crippen LogP contribution in [0.1, 0.15) is 48.9 Å². The molecule has 21 heavy (non-hydrogen) atoms. The SMILES string of the molecule is CCCC(C(=O)O)c1c2c(n3ccccc13)CC(=O)CC2. The lowest BCUT2D eigenvalue weighted by Crippen LogP contribution is -2.17. The molecule has 0 aromatic carbocycles. The average Bonchev–Trinajstić information content (AvgIpc) is 2.78. The van der Waals surface area contributed by atoms with Crippen LogP contribution in [0.5, 0.6) is 0 Å². The number of carboxylic acid groups (broad SMARTS) is 1. The van der Waals surface area contributed by atoms with Crippen LogP contribution in [0.4, 0.5) is 0 Å². The lowest BCUT2D eigenvalue weighted by molar-refractivity contribution is -0.139. The molecule has 0 radical (unpaired) electrons. The van der Waals surface area contributed by atoms with Crippen molar-refractivity contribution in [2.45, 2.75) is 44.9 Å². The molecular weight excluding hydrogens is 266 g/mol. The number of rotatable bonds is 4. The summed E-state index contributed by atoms with van der Waals surface area (Å²) in [6, 6.07) is 5.81. The molecule has 0 aliphatic heterocycles. The smallest absolute Gasteiger partial charge is 0.311 e. The molecule has 110 valence electrons. The lowest BCUT2D eigenvalue weighted by atomic mass is 9.86. The summed E-state index contributed by atoms with van der Waals surface area (Å²) >= 11 is 0. The molecule has 0 saturated carbocycles. The Morgan fingerprint density at radius 3 is 2.90 bits per heavy atom. The fourth-order valence-corrected chi connectivity index (χ4v) is 3.43. The minimum absolute atomic E-state index is 0.236. The summed E-state index contributed by atoms with van der Waals surface area (Å²) in [5.41, 5.74) is 3.94. The highest BCUT2D eigenvalue weighted by molar-refractivity contribution is 5.87. The number of pyridine rings is 1. The number of ketones is 1. The van der Waals surface area contributed by atoms with Gasteiger partial charge < -0.3 is 9.51 Å². The van der Waals surface area contributed by atoms with E-state index in [-0.39, 0.29) is 5.78 Å². The Bertz CT molecular complexity index is 714. The van der Waals surface area contributed by atoms with E-state index in [1.54, 1.807) is 0 Å². The van der Waals surface area contributed by atoms with Crippen molar-refractivity contribution >= 4 is 17.3 Å². The van der Waals surface area contributed by atoms with E-state index >= 15 is 0 Å². The zero-order valence-corrected chi connectivity index (χ0v) is 12.1. The van der Waals surface area contributed by atoms with Crippen molar-refractivity contribution in [3.8, 4) is 0 Å². The van der Waals surface area contributed by atoms with E-state index in [9.17, 15) is 14.7 Å². The molecule has 0 spiro atoms. The van der Waals surface area contributed by atoms with Gasteiger partial charge in [-0.25, -0.2) is 0 Å². The molecule has 1 aliphatic rings. The van der Waals surface area contributed by atoms with Gasteiger partial charge in [-0.15, -0.1) is 0 Å². The maximum absolute atomic E-state index is 11.8. The number of fused-ring (bicyclic) bond motifs is 3. The van der Waals surface area contributed by atoms with Crippen LogP contribution in [-0.4, -0.2) is 21.3 Å². The maximum Gasteiger partial charge on any atom is 0.311 e.